The topological polar surface area (TPSA) is 29.5 Å². The lowest BCUT2D eigenvalue weighted by Crippen LogP contribution is -2.39. The minimum absolute atomic E-state index is 0.107. The van der Waals surface area contributed by atoms with Gasteiger partial charge in [-0.25, -0.2) is 0 Å². The number of aliphatic hydroxyl groups is 1. The van der Waals surface area contributed by atoms with E-state index in [4.69, 9.17) is 4.74 Å². The lowest BCUT2D eigenvalue weighted by atomic mass is 9.69. The Morgan fingerprint density at radius 1 is 1.07 bits per heavy atom. The Kier molecular flexibility index (Phi) is 3.68. The van der Waals surface area contributed by atoms with Gasteiger partial charge in [0.15, 0.2) is 0 Å². The molecule has 0 aromatic rings. The highest BCUT2D eigenvalue weighted by atomic mass is 16.5. The molecule has 0 aromatic carbocycles. The fourth-order valence-electron chi connectivity index (χ4n) is 3.18. The summed E-state index contributed by atoms with van der Waals surface area (Å²) in [6.07, 6.45) is 4.63. The SMILES string of the molecule is CC1CCC(C2COCCC2O)CC1C. The second-order valence-electron chi connectivity index (χ2n) is 5.62. The summed E-state index contributed by atoms with van der Waals surface area (Å²) in [7, 11) is 0. The van der Waals surface area contributed by atoms with Gasteiger partial charge in [-0.05, 0) is 37.0 Å². The molecule has 1 heterocycles. The van der Waals surface area contributed by atoms with Crippen LogP contribution in [0.1, 0.15) is 39.5 Å². The van der Waals surface area contributed by atoms with Crippen molar-refractivity contribution in [3.63, 3.8) is 0 Å². The van der Waals surface area contributed by atoms with E-state index in [2.05, 4.69) is 13.8 Å². The summed E-state index contributed by atoms with van der Waals surface area (Å²) in [5.41, 5.74) is 0. The molecule has 88 valence electrons. The van der Waals surface area contributed by atoms with Crippen molar-refractivity contribution in [3.05, 3.63) is 0 Å². The average Bonchev–Trinajstić information content (AvgIpc) is 2.23. The van der Waals surface area contributed by atoms with Gasteiger partial charge in [0.1, 0.15) is 0 Å². The Morgan fingerprint density at radius 3 is 2.53 bits per heavy atom. The van der Waals surface area contributed by atoms with Crippen LogP contribution in [-0.4, -0.2) is 24.4 Å². The molecule has 2 nitrogen and oxygen atoms in total. The van der Waals surface area contributed by atoms with Crippen molar-refractivity contribution in [2.75, 3.05) is 13.2 Å². The zero-order chi connectivity index (χ0) is 10.8. The van der Waals surface area contributed by atoms with Crippen LogP contribution >= 0.6 is 0 Å². The highest BCUT2D eigenvalue weighted by Crippen LogP contribution is 2.39. The van der Waals surface area contributed by atoms with Crippen LogP contribution in [0.3, 0.4) is 0 Å². The standard InChI is InChI=1S/C13H24O2/c1-9-3-4-11(7-10(9)2)12-8-15-6-5-13(12)14/h9-14H,3-8H2,1-2H3. The van der Waals surface area contributed by atoms with Gasteiger partial charge >= 0.3 is 0 Å². The first-order valence-electron chi connectivity index (χ1n) is 6.44. The van der Waals surface area contributed by atoms with E-state index >= 15 is 0 Å². The van der Waals surface area contributed by atoms with Crippen molar-refractivity contribution in [2.24, 2.45) is 23.7 Å². The molecule has 1 saturated carbocycles. The van der Waals surface area contributed by atoms with Crippen LogP contribution in [0.2, 0.25) is 0 Å². The monoisotopic (exact) mass is 212 g/mol. The zero-order valence-corrected chi connectivity index (χ0v) is 9.98. The second-order valence-corrected chi connectivity index (χ2v) is 5.62. The maximum atomic E-state index is 9.99. The Hall–Kier alpha value is -0.0800. The van der Waals surface area contributed by atoms with E-state index < -0.39 is 0 Å². The molecular weight excluding hydrogens is 188 g/mol. The smallest absolute Gasteiger partial charge is 0.0615 e. The molecule has 1 N–H and O–H groups in total. The third-order valence-corrected chi connectivity index (χ3v) is 4.61. The Bertz CT molecular complexity index is 205. The second kappa shape index (κ2) is 4.84. The molecule has 5 unspecified atom stereocenters. The van der Waals surface area contributed by atoms with Gasteiger partial charge in [0.2, 0.25) is 0 Å². The van der Waals surface area contributed by atoms with Crippen molar-refractivity contribution < 1.29 is 9.84 Å². The quantitative estimate of drug-likeness (QED) is 0.723. The molecule has 15 heavy (non-hydrogen) atoms. The van der Waals surface area contributed by atoms with Gasteiger partial charge in [0.05, 0.1) is 12.7 Å². The molecule has 2 heteroatoms. The number of hydrogen-bond donors (Lipinski definition) is 1. The third-order valence-electron chi connectivity index (χ3n) is 4.61. The van der Waals surface area contributed by atoms with Crippen LogP contribution in [0.25, 0.3) is 0 Å². The van der Waals surface area contributed by atoms with Crippen LogP contribution in [-0.2, 0) is 4.74 Å². The van der Waals surface area contributed by atoms with E-state index in [1.54, 1.807) is 0 Å². The zero-order valence-electron chi connectivity index (χ0n) is 9.98. The van der Waals surface area contributed by atoms with E-state index in [1.807, 2.05) is 0 Å². The molecule has 2 fully saturated rings. The lowest BCUT2D eigenvalue weighted by molar-refractivity contribution is -0.0691. The first-order chi connectivity index (χ1) is 7.18. The molecule has 2 rings (SSSR count). The fraction of sp³-hybridized carbons (Fsp3) is 1.00. The van der Waals surface area contributed by atoms with Crippen LogP contribution < -0.4 is 0 Å². The van der Waals surface area contributed by atoms with Gasteiger partial charge < -0.3 is 9.84 Å². The number of hydrogen-bond acceptors (Lipinski definition) is 2. The van der Waals surface area contributed by atoms with Gasteiger partial charge in [0.25, 0.3) is 0 Å². The van der Waals surface area contributed by atoms with E-state index in [0.29, 0.717) is 11.8 Å². The van der Waals surface area contributed by atoms with Crippen LogP contribution in [0.15, 0.2) is 0 Å². The molecule has 1 aliphatic carbocycles. The van der Waals surface area contributed by atoms with E-state index in [1.165, 1.54) is 19.3 Å². The number of aliphatic hydroxyl groups excluding tert-OH is 1. The Balaban J connectivity index is 1.92. The first kappa shape index (κ1) is 11.4. The number of ether oxygens (including phenoxy) is 1. The Labute approximate surface area is 93.0 Å². The fourth-order valence-corrected chi connectivity index (χ4v) is 3.18. The summed E-state index contributed by atoms with van der Waals surface area (Å²) in [4.78, 5) is 0. The van der Waals surface area contributed by atoms with Crippen molar-refractivity contribution in [2.45, 2.75) is 45.6 Å². The van der Waals surface area contributed by atoms with Crippen molar-refractivity contribution >= 4 is 0 Å². The molecule has 0 bridgehead atoms. The molecule has 1 saturated heterocycles. The molecule has 5 atom stereocenters. The summed E-state index contributed by atoms with van der Waals surface area (Å²) < 4.78 is 5.51. The minimum Gasteiger partial charge on any atom is -0.393 e. The highest BCUT2D eigenvalue weighted by Gasteiger charge is 2.35. The molecule has 1 aliphatic heterocycles. The lowest BCUT2D eigenvalue weighted by Gasteiger charge is -2.40. The van der Waals surface area contributed by atoms with E-state index in [9.17, 15) is 5.11 Å². The predicted octanol–water partition coefficient (Wildman–Crippen LogP) is 2.46. The molecule has 2 aliphatic rings. The molecule has 0 aromatic heterocycles. The predicted molar refractivity (Wildman–Crippen MR) is 60.6 cm³/mol. The minimum atomic E-state index is -0.107. The largest absolute Gasteiger partial charge is 0.393 e. The summed E-state index contributed by atoms with van der Waals surface area (Å²) in [6, 6.07) is 0. The maximum absolute atomic E-state index is 9.99. The van der Waals surface area contributed by atoms with Crippen molar-refractivity contribution in [1.29, 1.82) is 0 Å². The maximum Gasteiger partial charge on any atom is 0.0615 e. The van der Waals surface area contributed by atoms with Gasteiger partial charge in [-0.1, -0.05) is 20.3 Å². The molecule has 0 amide bonds. The summed E-state index contributed by atoms with van der Waals surface area (Å²) in [5, 5.41) is 9.99. The van der Waals surface area contributed by atoms with Gasteiger partial charge in [0, 0.05) is 12.5 Å². The summed E-state index contributed by atoms with van der Waals surface area (Å²) >= 11 is 0. The molecular formula is C13H24O2. The summed E-state index contributed by atoms with van der Waals surface area (Å²) in [5.74, 6) is 2.79. The molecule has 0 spiro atoms. The van der Waals surface area contributed by atoms with E-state index in [-0.39, 0.29) is 6.10 Å². The number of rotatable bonds is 1. The normalized spacial score (nSPS) is 47.8. The third kappa shape index (κ3) is 2.54. The Morgan fingerprint density at radius 2 is 1.87 bits per heavy atom. The van der Waals surface area contributed by atoms with Crippen molar-refractivity contribution in [3.8, 4) is 0 Å². The van der Waals surface area contributed by atoms with Crippen LogP contribution in [0.5, 0.6) is 0 Å². The van der Waals surface area contributed by atoms with Crippen molar-refractivity contribution in [1.82, 2.24) is 0 Å². The van der Waals surface area contributed by atoms with Gasteiger partial charge in [-0.3, -0.25) is 0 Å². The first-order valence-corrected chi connectivity index (χ1v) is 6.44. The molecule has 0 radical (unpaired) electrons. The van der Waals surface area contributed by atoms with Crippen LogP contribution in [0.4, 0.5) is 0 Å². The van der Waals surface area contributed by atoms with Crippen LogP contribution in [0, 0.1) is 23.7 Å². The van der Waals surface area contributed by atoms with Gasteiger partial charge in [-0.2, -0.15) is 0 Å². The van der Waals surface area contributed by atoms with Gasteiger partial charge in [-0.15, -0.1) is 0 Å². The highest BCUT2D eigenvalue weighted by molar-refractivity contribution is 4.84. The summed E-state index contributed by atoms with van der Waals surface area (Å²) in [6.45, 7) is 6.24. The average molecular weight is 212 g/mol. The van der Waals surface area contributed by atoms with E-state index in [0.717, 1.165) is 31.5 Å².